The van der Waals surface area contributed by atoms with Crippen molar-refractivity contribution < 1.29 is 0 Å². The molecule has 0 unspecified atom stereocenters. The van der Waals surface area contributed by atoms with E-state index in [1.54, 1.807) is 0 Å². The summed E-state index contributed by atoms with van der Waals surface area (Å²) in [6.07, 6.45) is 0.986. The van der Waals surface area contributed by atoms with Crippen LogP contribution in [0.5, 0.6) is 0 Å². The van der Waals surface area contributed by atoms with Crippen molar-refractivity contribution in [2.45, 2.75) is 26.3 Å². The van der Waals surface area contributed by atoms with Crippen molar-refractivity contribution in [2.75, 3.05) is 6.54 Å². The number of aryl methyl sites for hydroxylation is 1. The summed E-state index contributed by atoms with van der Waals surface area (Å²) >= 11 is 0. The van der Waals surface area contributed by atoms with Crippen molar-refractivity contribution in [3.63, 3.8) is 0 Å². The lowest BCUT2D eigenvalue weighted by Crippen LogP contribution is -2.25. The lowest BCUT2D eigenvalue weighted by atomic mass is 10.1. The first-order valence-corrected chi connectivity index (χ1v) is 5.82. The van der Waals surface area contributed by atoms with Gasteiger partial charge in [0, 0.05) is 31.4 Å². The number of hydrogen-bond acceptors (Lipinski definition) is 2. The van der Waals surface area contributed by atoms with E-state index in [0.717, 1.165) is 13.0 Å². The highest BCUT2D eigenvalue weighted by molar-refractivity contribution is 5.81. The zero-order valence-corrected chi connectivity index (χ0v) is 10.2. The molecule has 0 bridgehead atoms. The predicted octanol–water partition coefficient (Wildman–Crippen LogP) is 2.11. The molecular weight excluding hydrogens is 198 g/mol. The molecule has 0 radical (unpaired) electrons. The molecule has 0 saturated heterocycles. The number of aromatic nitrogens is 2. The Hall–Kier alpha value is -1.35. The largest absolute Gasteiger partial charge is 0.314 e. The van der Waals surface area contributed by atoms with Crippen LogP contribution in [0.15, 0.2) is 24.3 Å². The Morgan fingerprint density at radius 3 is 2.81 bits per heavy atom. The Kier molecular flexibility index (Phi) is 3.25. The van der Waals surface area contributed by atoms with Crippen LogP contribution in [0.25, 0.3) is 10.9 Å². The van der Waals surface area contributed by atoms with Crippen molar-refractivity contribution in [3.05, 3.63) is 30.0 Å². The van der Waals surface area contributed by atoms with Gasteiger partial charge in [0.15, 0.2) is 0 Å². The van der Waals surface area contributed by atoms with Crippen LogP contribution in [0, 0.1) is 0 Å². The van der Waals surface area contributed by atoms with E-state index >= 15 is 0 Å². The van der Waals surface area contributed by atoms with Gasteiger partial charge in [0.25, 0.3) is 0 Å². The standard InChI is InChI=1S/C13H19N3/c1-10(2)14-9-8-12-11-6-4-5-7-13(11)16(3)15-12/h4-7,10,14H,8-9H2,1-3H3. The van der Waals surface area contributed by atoms with Crippen LogP contribution in [0.4, 0.5) is 0 Å². The van der Waals surface area contributed by atoms with E-state index in [1.165, 1.54) is 16.6 Å². The number of fused-ring (bicyclic) bond motifs is 1. The Balaban J connectivity index is 2.18. The third-order valence-corrected chi connectivity index (χ3v) is 2.75. The predicted molar refractivity (Wildman–Crippen MR) is 67.6 cm³/mol. The maximum atomic E-state index is 4.56. The molecule has 0 amide bonds. The second-order valence-electron chi connectivity index (χ2n) is 4.45. The summed E-state index contributed by atoms with van der Waals surface area (Å²) in [6.45, 7) is 5.31. The van der Waals surface area contributed by atoms with Gasteiger partial charge in [0.05, 0.1) is 11.2 Å². The molecule has 0 saturated carbocycles. The zero-order valence-electron chi connectivity index (χ0n) is 10.2. The fourth-order valence-electron chi connectivity index (χ4n) is 1.95. The number of nitrogens with one attached hydrogen (secondary N) is 1. The molecule has 3 heteroatoms. The molecule has 16 heavy (non-hydrogen) atoms. The van der Waals surface area contributed by atoms with Gasteiger partial charge in [-0.05, 0) is 6.07 Å². The Bertz CT molecular complexity index is 471. The fourth-order valence-corrected chi connectivity index (χ4v) is 1.95. The number of benzene rings is 1. The lowest BCUT2D eigenvalue weighted by Gasteiger charge is -2.06. The normalized spacial score (nSPS) is 11.5. The average Bonchev–Trinajstić information content (AvgIpc) is 2.57. The van der Waals surface area contributed by atoms with E-state index in [1.807, 2.05) is 11.7 Å². The molecule has 1 N–H and O–H groups in total. The van der Waals surface area contributed by atoms with Crippen LogP contribution in [-0.4, -0.2) is 22.4 Å². The van der Waals surface area contributed by atoms with Crippen molar-refractivity contribution >= 4 is 10.9 Å². The lowest BCUT2D eigenvalue weighted by molar-refractivity contribution is 0.585. The molecule has 86 valence electrons. The molecular formula is C13H19N3. The van der Waals surface area contributed by atoms with E-state index < -0.39 is 0 Å². The van der Waals surface area contributed by atoms with Gasteiger partial charge in [0.2, 0.25) is 0 Å². The highest BCUT2D eigenvalue weighted by atomic mass is 15.3. The molecule has 0 atom stereocenters. The van der Waals surface area contributed by atoms with Crippen LogP contribution in [0.1, 0.15) is 19.5 Å². The van der Waals surface area contributed by atoms with Gasteiger partial charge in [-0.25, -0.2) is 0 Å². The number of nitrogens with zero attached hydrogens (tertiary/aromatic N) is 2. The van der Waals surface area contributed by atoms with Gasteiger partial charge in [-0.15, -0.1) is 0 Å². The van der Waals surface area contributed by atoms with Crippen molar-refractivity contribution in [1.82, 2.24) is 15.1 Å². The first-order chi connectivity index (χ1) is 7.68. The van der Waals surface area contributed by atoms with Crippen LogP contribution in [-0.2, 0) is 13.5 Å². The van der Waals surface area contributed by atoms with E-state index in [9.17, 15) is 0 Å². The summed E-state index contributed by atoms with van der Waals surface area (Å²) in [7, 11) is 2.00. The summed E-state index contributed by atoms with van der Waals surface area (Å²) in [4.78, 5) is 0. The molecule has 0 aliphatic carbocycles. The first-order valence-electron chi connectivity index (χ1n) is 5.82. The van der Waals surface area contributed by atoms with E-state index in [2.05, 4.69) is 48.5 Å². The third-order valence-electron chi connectivity index (χ3n) is 2.75. The quantitative estimate of drug-likeness (QED) is 0.850. The van der Waals surface area contributed by atoms with Crippen LogP contribution < -0.4 is 5.32 Å². The summed E-state index contributed by atoms with van der Waals surface area (Å²) in [6, 6.07) is 8.92. The van der Waals surface area contributed by atoms with E-state index in [4.69, 9.17) is 0 Å². The monoisotopic (exact) mass is 217 g/mol. The second kappa shape index (κ2) is 4.66. The minimum atomic E-state index is 0.537. The first kappa shape index (κ1) is 11.1. The van der Waals surface area contributed by atoms with E-state index in [0.29, 0.717) is 6.04 Å². The van der Waals surface area contributed by atoms with Crippen molar-refractivity contribution in [1.29, 1.82) is 0 Å². The Morgan fingerprint density at radius 2 is 2.06 bits per heavy atom. The minimum absolute atomic E-state index is 0.537. The Labute approximate surface area is 96.5 Å². The van der Waals surface area contributed by atoms with Crippen molar-refractivity contribution in [2.24, 2.45) is 7.05 Å². The highest BCUT2D eigenvalue weighted by Gasteiger charge is 2.06. The Morgan fingerprint density at radius 1 is 1.31 bits per heavy atom. The smallest absolute Gasteiger partial charge is 0.0715 e. The molecule has 0 aliphatic rings. The highest BCUT2D eigenvalue weighted by Crippen LogP contribution is 2.17. The van der Waals surface area contributed by atoms with Gasteiger partial charge in [-0.2, -0.15) is 5.10 Å². The maximum Gasteiger partial charge on any atom is 0.0715 e. The molecule has 1 heterocycles. The number of rotatable bonds is 4. The third kappa shape index (κ3) is 2.25. The molecule has 3 nitrogen and oxygen atoms in total. The van der Waals surface area contributed by atoms with E-state index in [-0.39, 0.29) is 0 Å². The van der Waals surface area contributed by atoms with Gasteiger partial charge in [0.1, 0.15) is 0 Å². The maximum absolute atomic E-state index is 4.56. The summed E-state index contributed by atoms with van der Waals surface area (Å²) < 4.78 is 1.96. The molecule has 2 aromatic rings. The minimum Gasteiger partial charge on any atom is -0.314 e. The fraction of sp³-hybridized carbons (Fsp3) is 0.462. The van der Waals surface area contributed by atoms with Crippen LogP contribution >= 0.6 is 0 Å². The van der Waals surface area contributed by atoms with Crippen LogP contribution in [0.3, 0.4) is 0 Å². The summed E-state index contributed by atoms with van der Waals surface area (Å²) in [5.74, 6) is 0. The molecule has 0 fully saturated rings. The molecule has 0 spiro atoms. The molecule has 2 rings (SSSR count). The summed E-state index contributed by atoms with van der Waals surface area (Å²) in [5, 5.41) is 9.26. The number of hydrogen-bond donors (Lipinski definition) is 1. The van der Waals surface area contributed by atoms with Gasteiger partial charge in [-0.1, -0.05) is 32.0 Å². The SMILES string of the molecule is CC(C)NCCc1nn(C)c2ccccc12. The molecule has 0 aliphatic heterocycles. The van der Waals surface area contributed by atoms with Gasteiger partial charge < -0.3 is 5.32 Å². The second-order valence-corrected chi connectivity index (χ2v) is 4.45. The molecule has 1 aromatic heterocycles. The van der Waals surface area contributed by atoms with Crippen molar-refractivity contribution in [3.8, 4) is 0 Å². The number of para-hydroxylation sites is 1. The average molecular weight is 217 g/mol. The zero-order chi connectivity index (χ0) is 11.5. The van der Waals surface area contributed by atoms with Gasteiger partial charge in [-0.3, -0.25) is 4.68 Å². The summed E-state index contributed by atoms with van der Waals surface area (Å²) in [5.41, 5.74) is 2.40. The molecule has 1 aromatic carbocycles. The van der Waals surface area contributed by atoms with Crippen LogP contribution in [0.2, 0.25) is 0 Å². The topological polar surface area (TPSA) is 29.9 Å². The van der Waals surface area contributed by atoms with Gasteiger partial charge >= 0.3 is 0 Å².